The second-order valence-corrected chi connectivity index (χ2v) is 7.77. The summed E-state index contributed by atoms with van der Waals surface area (Å²) in [6.07, 6.45) is 0. The van der Waals surface area contributed by atoms with Gasteiger partial charge in [0.2, 0.25) is 4.96 Å². The van der Waals surface area contributed by atoms with E-state index in [1.807, 2.05) is 61.5 Å². The first-order chi connectivity index (χ1) is 13.4. The molecule has 0 aliphatic carbocycles. The van der Waals surface area contributed by atoms with E-state index in [-0.39, 0.29) is 5.91 Å². The molecule has 4 aromatic rings. The average Bonchev–Trinajstić information content (AvgIpc) is 3.25. The van der Waals surface area contributed by atoms with Crippen LogP contribution in [0.1, 0.15) is 19.7 Å². The van der Waals surface area contributed by atoms with E-state index in [0.717, 1.165) is 21.4 Å². The van der Waals surface area contributed by atoms with Crippen molar-refractivity contribution < 1.29 is 9.53 Å². The van der Waals surface area contributed by atoms with Gasteiger partial charge in [-0.15, -0.1) is 10.2 Å². The molecule has 0 aliphatic rings. The number of amides is 1. The molecule has 0 saturated heterocycles. The maximum absolute atomic E-state index is 12.8. The molecule has 1 N–H and O–H groups in total. The number of hydrogen-bond acceptors (Lipinski definition) is 6. The maximum Gasteiger partial charge on any atom is 0.267 e. The molecule has 2 aromatic carbocycles. The Morgan fingerprint density at radius 2 is 1.89 bits per heavy atom. The number of aromatic nitrogens is 4. The quantitative estimate of drug-likeness (QED) is 0.555. The number of hydrogen-bond donors (Lipinski definition) is 1. The van der Waals surface area contributed by atoms with Crippen molar-refractivity contribution in [3.8, 4) is 16.3 Å². The van der Waals surface area contributed by atoms with Gasteiger partial charge >= 0.3 is 0 Å². The van der Waals surface area contributed by atoms with Gasteiger partial charge in [-0.2, -0.15) is 9.61 Å². The van der Waals surface area contributed by atoms with E-state index in [1.165, 1.54) is 11.3 Å². The molecule has 2 aromatic heterocycles. The Morgan fingerprint density at radius 3 is 2.64 bits per heavy atom. The van der Waals surface area contributed by atoms with Gasteiger partial charge in [-0.05, 0) is 45.0 Å². The van der Waals surface area contributed by atoms with Gasteiger partial charge in [0.05, 0.1) is 0 Å². The maximum atomic E-state index is 12.8. The summed E-state index contributed by atoms with van der Waals surface area (Å²) < 4.78 is 7.56. The summed E-state index contributed by atoms with van der Waals surface area (Å²) in [5.41, 5.74) is 0.548. The highest BCUT2D eigenvalue weighted by molar-refractivity contribution is 7.19. The first kappa shape index (κ1) is 18.1. The highest BCUT2D eigenvalue weighted by Gasteiger charge is 2.30. The van der Waals surface area contributed by atoms with Gasteiger partial charge in [0, 0.05) is 11.3 Å². The van der Waals surface area contributed by atoms with Crippen molar-refractivity contribution in [3.05, 3.63) is 60.4 Å². The Balaban J connectivity index is 1.53. The van der Waals surface area contributed by atoms with Crippen LogP contribution in [0.25, 0.3) is 15.5 Å². The highest BCUT2D eigenvalue weighted by Crippen LogP contribution is 2.28. The van der Waals surface area contributed by atoms with E-state index in [1.54, 1.807) is 18.4 Å². The number of ether oxygens (including phenoxy) is 1. The van der Waals surface area contributed by atoms with E-state index >= 15 is 0 Å². The summed E-state index contributed by atoms with van der Waals surface area (Å²) in [7, 11) is 0. The van der Waals surface area contributed by atoms with Gasteiger partial charge in [-0.1, -0.05) is 41.7 Å². The Kier molecular flexibility index (Phi) is 4.56. The van der Waals surface area contributed by atoms with Crippen LogP contribution < -0.4 is 10.1 Å². The van der Waals surface area contributed by atoms with Crippen molar-refractivity contribution in [2.24, 2.45) is 0 Å². The van der Waals surface area contributed by atoms with E-state index in [9.17, 15) is 4.79 Å². The van der Waals surface area contributed by atoms with Crippen molar-refractivity contribution >= 4 is 27.9 Å². The van der Waals surface area contributed by atoms with Crippen molar-refractivity contribution in [1.29, 1.82) is 0 Å². The molecule has 1 amide bonds. The second kappa shape index (κ2) is 7.05. The third kappa shape index (κ3) is 3.59. The van der Waals surface area contributed by atoms with Crippen molar-refractivity contribution in [1.82, 2.24) is 19.8 Å². The molecule has 4 rings (SSSR count). The van der Waals surface area contributed by atoms with Crippen LogP contribution in [0, 0.1) is 6.92 Å². The number of aryl methyl sites for hydroxylation is 1. The van der Waals surface area contributed by atoms with Gasteiger partial charge in [0.1, 0.15) is 10.8 Å². The van der Waals surface area contributed by atoms with Crippen molar-refractivity contribution in [2.75, 3.05) is 5.32 Å². The predicted molar refractivity (Wildman–Crippen MR) is 109 cm³/mol. The monoisotopic (exact) mass is 393 g/mol. The minimum Gasteiger partial charge on any atom is -0.478 e. The highest BCUT2D eigenvalue weighted by atomic mass is 32.1. The van der Waals surface area contributed by atoms with Gasteiger partial charge in [-0.25, -0.2) is 0 Å². The summed E-state index contributed by atoms with van der Waals surface area (Å²) in [5.74, 6) is 1.15. The van der Waals surface area contributed by atoms with Crippen LogP contribution >= 0.6 is 11.3 Å². The number of fused-ring (bicyclic) bond motifs is 1. The smallest absolute Gasteiger partial charge is 0.267 e. The zero-order chi connectivity index (χ0) is 19.7. The zero-order valence-corrected chi connectivity index (χ0v) is 16.5. The number of nitrogens with zero attached hydrogens (tertiary/aromatic N) is 4. The lowest BCUT2D eigenvalue weighted by Crippen LogP contribution is -2.42. The van der Waals surface area contributed by atoms with Crippen molar-refractivity contribution in [3.63, 3.8) is 0 Å². The SMILES string of the molecule is Cc1nnc2sc(-c3cccc(NC(=O)C(C)(C)Oc4ccccc4)c3)nn12. The molecule has 2 heterocycles. The topological polar surface area (TPSA) is 81.4 Å². The van der Waals surface area contributed by atoms with Crippen LogP contribution in [-0.4, -0.2) is 31.3 Å². The molecule has 0 fully saturated rings. The summed E-state index contributed by atoms with van der Waals surface area (Å²) in [6, 6.07) is 16.8. The minimum atomic E-state index is -1.03. The fourth-order valence-corrected chi connectivity index (χ4v) is 3.55. The number of nitrogens with one attached hydrogen (secondary N) is 1. The molecule has 0 aliphatic heterocycles. The van der Waals surface area contributed by atoms with E-state index in [0.29, 0.717) is 11.4 Å². The molecule has 0 bridgehead atoms. The largest absolute Gasteiger partial charge is 0.478 e. The third-order valence-electron chi connectivity index (χ3n) is 4.18. The molecule has 0 atom stereocenters. The lowest BCUT2D eigenvalue weighted by molar-refractivity contribution is -0.128. The summed E-state index contributed by atoms with van der Waals surface area (Å²) in [5, 5.41) is 16.4. The zero-order valence-electron chi connectivity index (χ0n) is 15.7. The van der Waals surface area contributed by atoms with Gasteiger partial charge in [0.15, 0.2) is 11.4 Å². The second-order valence-electron chi connectivity index (χ2n) is 6.81. The number of rotatable bonds is 5. The lowest BCUT2D eigenvalue weighted by Gasteiger charge is -2.25. The molecule has 0 unspecified atom stereocenters. The molecule has 142 valence electrons. The number of anilines is 1. The average molecular weight is 393 g/mol. The van der Waals surface area contributed by atoms with Crippen LogP contribution in [0.15, 0.2) is 54.6 Å². The predicted octanol–water partition coefficient (Wildman–Crippen LogP) is 3.96. The van der Waals surface area contributed by atoms with Crippen LogP contribution in [0.2, 0.25) is 0 Å². The lowest BCUT2D eigenvalue weighted by atomic mass is 10.1. The third-order valence-corrected chi connectivity index (χ3v) is 5.13. The molecular formula is C20H19N5O2S. The number of carbonyl (C=O) groups excluding carboxylic acids is 1. The Labute approximate surface area is 166 Å². The normalized spacial score (nSPS) is 11.5. The summed E-state index contributed by atoms with van der Waals surface area (Å²) in [6.45, 7) is 5.34. The van der Waals surface area contributed by atoms with E-state index in [2.05, 4.69) is 20.6 Å². The molecule has 28 heavy (non-hydrogen) atoms. The molecule has 0 spiro atoms. The van der Waals surface area contributed by atoms with E-state index < -0.39 is 5.60 Å². The van der Waals surface area contributed by atoms with Gasteiger partial charge < -0.3 is 10.1 Å². The molecular weight excluding hydrogens is 374 g/mol. The Morgan fingerprint density at radius 1 is 1.11 bits per heavy atom. The fourth-order valence-electron chi connectivity index (χ4n) is 2.67. The number of benzene rings is 2. The van der Waals surface area contributed by atoms with Gasteiger partial charge in [0.25, 0.3) is 5.91 Å². The Bertz CT molecular complexity index is 1130. The van der Waals surface area contributed by atoms with Crippen LogP contribution in [0.5, 0.6) is 5.75 Å². The molecule has 8 heteroatoms. The molecule has 0 radical (unpaired) electrons. The summed E-state index contributed by atoms with van der Waals surface area (Å²) in [4.78, 5) is 13.5. The first-order valence-corrected chi connectivity index (χ1v) is 9.59. The minimum absolute atomic E-state index is 0.234. The first-order valence-electron chi connectivity index (χ1n) is 8.77. The molecule has 7 nitrogen and oxygen atoms in total. The number of carbonyl (C=O) groups is 1. The fraction of sp³-hybridized carbons (Fsp3) is 0.200. The Hall–Kier alpha value is -3.26. The van der Waals surface area contributed by atoms with Crippen LogP contribution in [0.4, 0.5) is 5.69 Å². The molecule has 0 saturated carbocycles. The standard InChI is InChI=1S/C20H19N5O2S/c1-13-22-23-19-25(13)24-17(28-19)14-8-7-9-15(12-14)21-18(26)20(2,3)27-16-10-5-4-6-11-16/h4-12H,1-3H3,(H,21,26). The van der Waals surface area contributed by atoms with Crippen LogP contribution in [-0.2, 0) is 4.79 Å². The summed E-state index contributed by atoms with van der Waals surface area (Å²) >= 11 is 1.45. The van der Waals surface area contributed by atoms with Crippen molar-refractivity contribution in [2.45, 2.75) is 26.4 Å². The van der Waals surface area contributed by atoms with Crippen LogP contribution in [0.3, 0.4) is 0 Å². The van der Waals surface area contributed by atoms with E-state index in [4.69, 9.17) is 4.74 Å². The number of para-hydroxylation sites is 1. The van der Waals surface area contributed by atoms with Gasteiger partial charge in [-0.3, -0.25) is 4.79 Å².